The highest BCUT2D eigenvalue weighted by atomic mass is 16.5. The number of anilines is 2. The second-order valence-corrected chi connectivity index (χ2v) is 5.76. The first kappa shape index (κ1) is 19.0. The van der Waals surface area contributed by atoms with Gasteiger partial charge in [0.25, 0.3) is 11.8 Å². The Morgan fingerprint density at radius 3 is 2.18 bits per heavy atom. The number of carbonyl (C=O) groups is 2. The summed E-state index contributed by atoms with van der Waals surface area (Å²) < 4.78 is 15.8. The summed E-state index contributed by atoms with van der Waals surface area (Å²) in [7, 11) is 1.55. The maximum atomic E-state index is 12.5. The molecule has 0 unspecified atom stereocenters. The van der Waals surface area contributed by atoms with Gasteiger partial charge in [-0.3, -0.25) is 9.59 Å². The topological polar surface area (TPSA) is 89.8 Å². The Balaban J connectivity index is 1.66. The number of carbonyl (C=O) groups excluding carboxylic acids is 2. The molecule has 0 spiro atoms. The number of furan rings is 1. The van der Waals surface area contributed by atoms with E-state index in [9.17, 15) is 9.59 Å². The Hall–Kier alpha value is -3.74. The van der Waals surface area contributed by atoms with E-state index in [1.165, 1.54) is 6.26 Å². The Kier molecular flexibility index (Phi) is 5.96. The van der Waals surface area contributed by atoms with Crippen molar-refractivity contribution in [3.05, 3.63) is 72.2 Å². The second kappa shape index (κ2) is 8.77. The van der Waals surface area contributed by atoms with E-state index in [2.05, 4.69) is 10.6 Å². The third-order valence-electron chi connectivity index (χ3n) is 3.87. The highest BCUT2D eigenvalue weighted by Crippen LogP contribution is 2.28. The number of nitrogens with one attached hydrogen (secondary N) is 2. The molecule has 2 aromatic carbocycles. The lowest BCUT2D eigenvalue weighted by atomic mass is 10.1. The van der Waals surface area contributed by atoms with Crippen molar-refractivity contribution in [2.75, 3.05) is 24.4 Å². The van der Waals surface area contributed by atoms with Crippen LogP contribution in [-0.2, 0) is 0 Å². The lowest BCUT2D eigenvalue weighted by molar-refractivity contribution is 0.0994. The van der Waals surface area contributed by atoms with Gasteiger partial charge < -0.3 is 24.5 Å². The molecule has 3 aromatic rings. The monoisotopic (exact) mass is 380 g/mol. The molecule has 3 rings (SSSR count). The van der Waals surface area contributed by atoms with E-state index < -0.39 is 0 Å². The maximum absolute atomic E-state index is 12.5. The van der Waals surface area contributed by atoms with Gasteiger partial charge in [0.15, 0.2) is 17.3 Å². The van der Waals surface area contributed by atoms with Crippen molar-refractivity contribution in [2.45, 2.75) is 6.92 Å². The Bertz CT molecular complexity index is 949. The molecule has 1 heterocycles. The van der Waals surface area contributed by atoms with E-state index in [1.54, 1.807) is 61.7 Å². The maximum Gasteiger partial charge on any atom is 0.291 e. The Morgan fingerprint density at radius 2 is 1.61 bits per heavy atom. The van der Waals surface area contributed by atoms with Crippen molar-refractivity contribution in [2.24, 2.45) is 0 Å². The van der Waals surface area contributed by atoms with Crippen LogP contribution in [0.1, 0.15) is 27.8 Å². The summed E-state index contributed by atoms with van der Waals surface area (Å²) >= 11 is 0. The van der Waals surface area contributed by atoms with Crippen LogP contribution < -0.4 is 20.1 Å². The highest BCUT2D eigenvalue weighted by molar-refractivity contribution is 6.05. The summed E-state index contributed by atoms with van der Waals surface area (Å²) in [5.41, 5.74) is 1.62. The highest BCUT2D eigenvalue weighted by Gasteiger charge is 2.12. The standard InChI is InChI=1S/C21H20N2O5/c1-3-27-19-13-14(6-11-17(19)26-2)20(24)22-15-7-9-16(10-8-15)23-21(25)18-5-4-12-28-18/h4-13H,3H2,1-2H3,(H,22,24)(H,23,25). The fourth-order valence-corrected chi connectivity index (χ4v) is 2.53. The molecule has 0 aliphatic carbocycles. The zero-order chi connectivity index (χ0) is 19.9. The molecular weight excluding hydrogens is 360 g/mol. The van der Waals surface area contributed by atoms with Crippen molar-refractivity contribution in [3.63, 3.8) is 0 Å². The van der Waals surface area contributed by atoms with Gasteiger partial charge in [-0.05, 0) is 61.5 Å². The van der Waals surface area contributed by atoms with Crippen molar-refractivity contribution >= 4 is 23.2 Å². The summed E-state index contributed by atoms with van der Waals surface area (Å²) in [4.78, 5) is 24.5. The van der Waals surface area contributed by atoms with Crippen molar-refractivity contribution in [1.29, 1.82) is 0 Å². The largest absolute Gasteiger partial charge is 0.493 e. The Morgan fingerprint density at radius 1 is 0.929 bits per heavy atom. The lowest BCUT2D eigenvalue weighted by Crippen LogP contribution is -2.13. The van der Waals surface area contributed by atoms with Crippen molar-refractivity contribution in [3.8, 4) is 11.5 Å². The van der Waals surface area contributed by atoms with Gasteiger partial charge in [-0.1, -0.05) is 0 Å². The molecule has 0 saturated carbocycles. The van der Waals surface area contributed by atoms with Crippen LogP contribution in [0.2, 0.25) is 0 Å². The summed E-state index contributed by atoms with van der Waals surface area (Å²) in [6, 6.07) is 15.0. The number of hydrogen-bond donors (Lipinski definition) is 2. The van der Waals surface area contributed by atoms with E-state index in [1.807, 2.05) is 6.92 Å². The van der Waals surface area contributed by atoms with Crippen LogP contribution in [0.15, 0.2) is 65.3 Å². The molecule has 1 aromatic heterocycles. The van der Waals surface area contributed by atoms with Gasteiger partial charge in [0, 0.05) is 16.9 Å². The van der Waals surface area contributed by atoms with Gasteiger partial charge >= 0.3 is 0 Å². The van der Waals surface area contributed by atoms with Crippen molar-refractivity contribution < 1.29 is 23.5 Å². The first-order chi connectivity index (χ1) is 13.6. The second-order valence-electron chi connectivity index (χ2n) is 5.76. The Labute approximate surface area is 162 Å². The summed E-state index contributed by atoms with van der Waals surface area (Å²) in [5.74, 6) is 0.671. The van der Waals surface area contributed by atoms with E-state index >= 15 is 0 Å². The van der Waals surface area contributed by atoms with Gasteiger partial charge in [0.05, 0.1) is 20.0 Å². The van der Waals surface area contributed by atoms with Crippen LogP contribution in [0, 0.1) is 0 Å². The number of ether oxygens (including phenoxy) is 2. The van der Waals surface area contributed by atoms with Crippen molar-refractivity contribution in [1.82, 2.24) is 0 Å². The van der Waals surface area contributed by atoms with Crippen LogP contribution in [0.25, 0.3) is 0 Å². The van der Waals surface area contributed by atoms with Crippen LogP contribution >= 0.6 is 0 Å². The van der Waals surface area contributed by atoms with E-state index in [-0.39, 0.29) is 17.6 Å². The first-order valence-corrected chi connectivity index (χ1v) is 8.68. The predicted molar refractivity (Wildman–Crippen MR) is 105 cm³/mol. The minimum absolute atomic E-state index is 0.224. The number of rotatable bonds is 7. The zero-order valence-electron chi connectivity index (χ0n) is 15.5. The van der Waals surface area contributed by atoms with Gasteiger partial charge in [0.2, 0.25) is 0 Å². The number of benzene rings is 2. The molecule has 144 valence electrons. The quantitative estimate of drug-likeness (QED) is 0.641. The average Bonchev–Trinajstić information content (AvgIpc) is 3.25. The van der Waals surface area contributed by atoms with Gasteiger partial charge in [0.1, 0.15) is 0 Å². The molecule has 28 heavy (non-hydrogen) atoms. The number of hydrogen-bond acceptors (Lipinski definition) is 5. The molecule has 0 saturated heterocycles. The smallest absolute Gasteiger partial charge is 0.291 e. The lowest BCUT2D eigenvalue weighted by Gasteiger charge is -2.11. The SMILES string of the molecule is CCOc1cc(C(=O)Nc2ccc(NC(=O)c3ccco3)cc2)ccc1OC. The van der Waals surface area contributed by atoms with E-state index in [0.717, 1.165) is 0 Å². The number of methoxy groups -OCH3 is 1. The van der Waals surface area contributed by atoms with Gasteiger partial charge in [-0.25, -0.2) is 0 Å². The molecule has 0 radical (unpaired) electrons. The fraction of sp³-hybridized carbons (Fsp3) is 0.143. The molecular formula is C21H20N2O5. The summed E-state index contributed by atoms with van der Waals surface area (Å²) in [6.45, 7) is 2.32. The third kappa shape index (κ3) is 4.50. The van der Waals surface area contributed by atoms with Crippen LogP contribution in [0.3, 0.4) is 0 Å². The van der Waals surface area contributed by atoms with Crippen LogP contribution in [-0.4, -0.2) is 25.5 Å². The summed E-state index contributed by atoms with van der Waals surface area (Å²) in [6.07, 6.45) is 1.43. The molecule has 0 aliphatic heterocycles. The first-order valence-electron chi connectivity index (χ1n) is 8.68. The minimum Gasteiger partial charge on any atom is -0.493 e. The molecule has 2 amide bonds. The normalized spacial score (nSPS) is 10.2. The predicted octanol–water partition coefficient (Wildman–Crippen LogP) is 4.19. The molecule has 0 bridgehead atoms. The molecule has 0 fully saturated rings. The van der Waals surface area contributed by atoms with Gasteiger partial charge in [-0.2, -0.15) is 0 Å². The van der Waals surface area contributed by atoms with Crippen LogP contribution in [0.5, 0.6) is 11.5 Å². The number of amides is 2. The molecule has 0 aliphatic rings. The molecule has 7 nitrogen and oxygen atoms in total. The third-order valence-corrected chi connectivity index (χ3v) is 3.87. The molecule has 7 heteroatoms. The van der Waals surface area contributed by atoms with Crippen LogP contribution in [0.4, 0.5) is 11.4 Å². The molecule has 2 N–H and O–H groups in total. The fourth-order valence-electron chi connectivity index (χ4n) is 2.53. The van der Waals surface area contributed by atoms with E-state index in [0.29, 0.717) is 35.0 Å². The minimum atomic E-state index is -0.344. The average molecular weight is 380 g/mol. The zero-order valence-corrected chi connectivity index (χ0v) is 15.5. The molecule has 0 atom stereocenters. The van der Waals surface area contributed by atoms with E-state index in [4.69, 9.17) is 13.9 Å². The summed E-state index contributed by atoms with van der Waals surface area (Å²) in [5, 5.41) is 5.52. The van der Waals surface area contributed by atoms with Gasteiger partial charge in [-0.15, -0.1) is 0 Å².